The maximum Gasteiger partial charge on any atom is 0.226 e. The molecule has 2 aromatic rings. The second-order valence-corrected chi connectivity index (χ2v) is 5.43. The quantitative estimate of drug-likeness (QED) is 0.781. The number of carbonyl (C=O) groups excluding carboxylic acids is 2. The minimum absolute atomic E-state index is 0.0910. The monoisotopic (exact) mass is 326 g/mol. The van der Waals surface area contributed by atoms with Crippen LogP contribution in [-0.2, 0) is 14.3 Å². The van der Waals surface area contributed by atoms with E-state index in [9.17, 15) is 9.59 Å². The van der Waals surface area contributed by atoms with Crippen molar-refractivity contribution < 1.29 is 14.3 Å². The Kier molecular flexibility index (Phi) is 6.98. The fourth-order valence-corrected chi connectivity index (χ4v) is 2.28. The number of ether oxygens (including phenoxy) is 1. The van der Waals surface area contributed by atoms with Gasteiger partial charge in [-0.2, -0.15) is 0 Å². The number of rotatable bonds is 8. The molecule has 1 atom stereocenters. The number of para-hydroxylation sites is 2. The predicted octanol–water partition coefficient (Wildman–Crippen LogP) is 3.45. The summed E-state index contributed by atoms with van der Waals surface area (Å²) in [6.45, 7) is 0. The lowest BCUT2D eigenvalue weighted by atomic mass is 10.1. The van der Waals surface area contributed by atoms with E-state index in [1.54, 1.807) is 7.11 Å². The van der Waals surface area contributed by atoms with E-state index < -0.39 is 0 Å². The number of amides is 2. The van der Waals surface area contributed by atoms with Gasteiger partial charge in [-0.1, -0.05) is 36.4 Å². The van der Waals surface area contributed by atoms with Gasteiger partial charge in [-0.05, 0) is 30.7 Å². The summed E-state index contributed by atoms with van der Waals surface area (Å²) in [5, 5.41) is 5.63. The number of anilines is 2. The molecule has 2 amide bonds. The van der Waals surface area contributed by atoms with Crippen LogP contribution >= 0.6 is 0 Å². The number of carbonyl (C=O) groups is 2. The Hall–Kier alpha value is -2.66. The molecule has 0 aliphatic heterocycles. The maximum atomic E-state index is 12.0. The van der Waals surface area contributed by atoms with Crippen LogP contribution in [-0.4, -0.2) is 25.0 Å². The van der Waals surface area contributed by atoms with E-state index >= 15 is 0 Å². The van der Waals surface area contributed by atoms with Crippen LogP contribution in [0, 0.1) is 0 Å². The molecule has 2 aromatic carbocycles. The molecule has 0 saturated heterocycles. The molecule has 0 aliphatic carbocycles. The van der Waals surface area contributed by atoms with Gasteiger partial charge in [0, 0.05) is 24.9 Å². The zero-order valence-electron chi connectivity index (χ0n) is 13.7. The van der Waals surface area contributed by atoms with Crippen LogP contribution in [0.15, 0.2) is 60.7 Å². The van der Waals surface area contributed by atoms with Crippen molar-refractivity contribution in [1.29, 1.82) is 0 Å². The summed E-state index contributed by atoms with van der Waals surface area (Å²) in [4.78, 5) is 24.0. The van der Waals surface area contributed by atoms with Crippen LogP contribution in [0.25, 0.3) is 0 Å². The van der Waals surface area contributed by atoms with Crippen molar-refractivity contribution in [2.45, 2.75) is 25.4 Å². The first kappa shape index (κ1) is 17.7. The molecule has 24 heavy (non-hydrogen) atoms. The van der Waals surface area contributed by atoms with Gasteiger partial charge in [0.1, 0.15) is 0 Å². The van der Waals surface area contributed by atoms with E-state index in [4.69, 9.17) is 4.74 Å². The second-order valence-electron chi connectivity index (χ2n) is 5.43. The summed E-state index contributed by atoms with van der Waals surface area (Å²) in [7, 11) is 1.55. The van der Waals surface area contributed by atoms with Crippen LogP contribution in [0.1, 0.15) is 19.3 Å². The lowest BCUT2D eigenvalue weighted by Gasteiger charge is -2.15. The second kappa shape index (κ2) is 9.47. The average molecular weight is 326 g/mol. The molecule has 0 fully saturated rings. The Morgan fingerprint density at radius 3 is 1.88 bits per heavy atom. The van der Waals surface area contributed by atoms with Gasteiger partial charge in [-0.3, -0.25) is 9.59 Å². The highest BCUT2D eigenvalue weighted by molar-refractivity contribution is 5.92. The summed E-state index contributed by atoms with van der Waals surface area (Å²) in [6.07, 6.45) is 0.697. The molecular formula is C19H22N2O3. The van der Waals surface area contributed by atoms with Gasteiger partial charge in [0.15, 0.2) is 0 Å². The molecule has 5 nitrogen and oxygen atoms in total. The van der Waals surface area contributed by atoms with Crippen molar-refractivity contribution in [3.63, 3.8) is 0 Å². The van der Waals surface area contributed by atoms with Gasteiger partial charge in [0.25, 0.3) is 0 Å². The highest BCUT2D eigenvalue weighted by Crippen LogP contribution is 2.12. The summed E-state index contributed by atoms with van der Waals surface area (Å²) in [5.41, 5.74) is 1.51. The van der Waals surface area contributed by atoms with Crippen molar-refractivity contribution in [2.24, 2.45) is 0 Å². The molecule has 2 rings (SSSR count). The molecule has 0 aromatic heterocycles. The van der Waals surface area contributed by atoms with E-state index in [2.05, 4.69) is 10.6 Å². The molecule has 0 aliphatic rings. The highest BCUT2D eigenvalue weighted by Gasteiger charge is 2.15. The van der Waals surface area contributed by atoms with Crippen LogP contribution in [0.2, 0.25) is 0 Å². The van der Waals surface area contributed by atoms with Gasteiger partial charge < -0.3 is 15.4 Å². The Balaban J connectivity index is 1.75. The third kappa shape index (κ3) is 6.22. The Morgan fingerprint density at radius 2 is 1.38 bits per heavy atom. The molecule has 0 bridgehead atoms. The van der Waals surface area contributed by atoms with Crippen LogP contribution in [0.4, 0.5) is 11.4 Å². The van der Waals surface area contributed by atoms with E-state index in [1.165, 1.54) is 0 Å². The average Bonchev–Trinajstić information content (AvgIpc) is 2.60. The maximum absolute atomic E-state index is 12.0. The molecule has 2 N–H and O–H groups in total. The molecule has 0 saturated carbocycles. The minimum atomic E-state index is -0.296. The molecule has 126 valence electrons. The summed E-state index contributed by atoms with van der Waals surface area (Å²) in [5.74, 6) is -0.219. The molecule has 5 heteroatoms. The van der Waals surface area contributed by atoms with Gasteiger partial charge in [0.05, 0.1) is 12.5 Å². The first-order chi connectivity index (χ1) is 11.7. The topological polar surface area (TPSA) is 67.4 Å². The van der Waals surface area contributed by atoms with Crippen LogP contribution < -0.4 is 10.6 Å². The SMILES string of the molecule is CO[C@@H](CCC(=O)Nc1ccccc1)CC(=O)Nc1ccccc1. The number of nitrogens with one attached hydrogen (secondary N) is 2. The van der Waals surface area contributed by atoms with Crippen molar-refractivity contribution in [2.75, 3.05) is 17.7 Å². The van der Waals surface area contributed by atoms with Gasteiger partial charge in [-0.15, -0.1) is 0 Å². The minimum Gasteiger partial charge on any atom is -0.381 e. The van der Waals surface area contributed by atoms with Crippen molar-refractivity contribution >= 4 is 23.2 Å². The number of methoxy groups -OCH3 is 1. The summed E-state index contributed by atoms with van der Waals surface area (Å²) < 4.78 is 5.32. The molecular weight excluding hydrogens is 304 g/mol. The third-order valence-corrected chi connectivity index (χ3v) is 3.55. The Labute approximate surface area is 142 Å². The summed E-state index contributed by atoms with van der Waals surface area (Å²) in [6, 6.07) is 18.5. The van der Waals surface area contributed by atoms with Gasteiger partial charge in [-0.25, -0.2) is 0 Å². The fourth-order valence-electron chi connectivity index (χ4n) is 2.28. The normalized spacial score (nSPS) is 11.5. The van der Waals surface area contributed by atoms with E-state index in [0.29, 0.717) is 12.8 Å². The van der Waals surface area contributed by atoms with Crippen molar-refractivity contribution in [3.05, 3.63) is 60.7 Å². The smallest absolute Gasteiger partial charge is 0.226 e. The predicted molar refractivity (Wildman–Crippen MR) is 94.8 cm³/mol. The lowest BCUT2D eigenvalue weighted by molar-refractivity contribution is -0.120. The van der Waals surface area contributed by atoms with E-state index in [1.807, 2.05) is 60.7 Å². The fraction of sp³-hybridized carbons (Fsp3) is 0.263. The first-order valence-corrected chi connectivity index (χ1v) is 7.90. The first-order valence-electron chi connectivity index (χ1n) is 7.90. The van der Waals surface area contributed by atoms with Crippen LogP contribution in [0.5, 0.6) is 0 Å². The van der Waals surface area contributed by atoms with Crippen molar-refractivity contribution in [3.8, 4) is 0 Å². The molecule has 0 spiro atoms. The number of hydrogen-bond acceptors (Lipinski definition) is 3. The van der Waals surface area contributed by atoms with Gasteiger partial charge in [0.2, 0.25) is 11.8 Å². The number of benzene rings is 2. The third-order valence-electron chi connectivity index (χ3n) is 3.55. The zero-order valence-corrected chi connectivity index (χ0v) is 13.7. The molecule has 0 heterocycles. The van der Waals surface area contributed by atoms with E-state index in [0.717, 1.165) is 11.4 Å². The van der Waals surface area contributed by atoms with Crippen LogP contribution in [0.3, 0.4) is 0 Å². The van der Waals surface area contributed by atoms with E-state index in [-0.39, 0.29) is 24.3 Å². The Morgan fingerprint density at radius 1 is 0.875 bits per heavy atom. The van der Waals surface area contributed by atoms with Crippen molar-refractivity contribution in [1.82, 2.24) is 0 Å². The lowest BCUT2D eigenvalue weighted by Crippen LogP contribution is -2.23. The van der Waals surface area contributed by atoms with Gasteiger partial charge >= 0.3 is 0 Å². The highest BCUT2D eigenvalue weighted by atomic mass is 16.5. The molecule has 0 radical (unpaired) electrons. The summed E-state index contributed by atoms with van der Waals surface area (Å²) >= 11 is 0. The molecule has 0 unspecified atom stereocenters. The zero-order chi connectivity index (χ0) is 17.2. The standard InChI is InChI=1S/C19H22N2O3/c1-24-17(14-19(23)21-16-10-6-3-7-11-16)12-13-18(22)20-15-8-4-2-5-9-15/h2-11,17H,12-14H2,1H3,(H,20,22)(H,21,23)/t17-/m0/s1. The Bertz CT molecular complexity index is 644. The number of hydrogen-bond donors (Lipinski definition) is 2. The largest absolute Gasteiger partial charge is 0.381 e.